The van der Waals surface area contributed by atoms with Gasteiger partial charge in [0.2, 0.25) is 0 Å². The molecule has 0 bridgehead atoms. The zero-order valence-corrected chi connectivity index (χ0v) is 16.0. The van der Waals surface area contributed by atoms with Crippen molar-refractivity contribution in [2.24, 2.45) is 5.41 Å². The van der Waals surface area contributed by atoms with Gasteiger partial charge in [0.25, 0.3) is 0 Å². The molecular formula is C20H29NO5. The van der Waals surface area contributed by atoms with Crippen LogP contribution in [0, 0.1) is 5.41 Å². The molecule has 1 aromatic rings. The normalized spacial score (nSPS) is 17.7. The highest BCUT2D eigenvalue weighted by atomic mass is 16.6. The van der Waals surface area contributed by atoms with Gasteiger partial charge in [-0.3, -0.25) is 4.79 Å². The molecule has 1 saturated carbocycles. The second kappa shape index (κ2) is 8.08. The SMILES string of the molecule is CCC(NC(=O)OCc1ccccc1)C(O)C1(C(=O)OC(C)(C)C)CC1. The number of aliphatic hydroxyl groups is 1. The summed E-state index contributed by atoms with van der Waals surface area (Å²) in [5.41, 5.74) is -0.666. The molecule has 0 saturated heterocycles. The van der Waals surface area contributed by atoms with Crippen molar-refractivity contribution in [2.45, 2.75) is 71.3 Å². The van der Waals surface area contributed by atoms with Crippen LogP contribution in [0.15, 0.2) is 30.3 Å². The number of aliphatic hydroxyl groups excluding tert-OH is 1. The van der Waals surface area contributed by atoms with Crippen LogP contribution in [0.3, 0.4) is 0 Å². The van der Waals surface area contributed by atoms with Gasteiger partial charge in [-0.1, -0.05) is 37.3 Å². The number of amides is 1. The first-order valence-corrected chi connectivity index (χ1v) is 9.06. The molecule has 0 aliphatic heterocycles. The minimum Gasteiger partial charge on any atom is -0.459 e. The van der Waals surface area contributed by atoms with Gasteiger partial charge in [0.05, 0.1) is 17.6 Å². The number of esters is 1. The third-order valence-electron chi connectivity index (χ3n) is 4.50. The van der Waals surface area contributed by atoms with Gasteiger partial charge < -0.3 is 19.9 Å². The van der Waals surface area contributed by atoms with Gasteiger partial charge in [-0.2, -0.15) is 0 Å². The molecule has 6 heteroatoms. The van der Waals surface area contributed by atoms with E-state index < -0.39 is 35.2 Å². The summed E-state index contributed by atoms with van der Waals surface area (Å²) in [6.45, 7) is 7.38. The highest BCUT2D eigenvalue weighted by molar-refractivity contribution is 5.81. The molecule has 1 fully saturated rings. The highest BCUT2D eigenvalue weighted by Crippen LogP contribution is 2.51. The molecule has 2 rings (SSSR count). The van der Waals surface area contributed by atoms with Crippen LogP contribution in [-0.4, -0.2) is 34.9 Å². The van der Waals surface area contributed by atoms with Crippen molar-refractivity contribution < 1.29 is 24.2 Å². The first-order chi connectivity index (χ1) is 12.2. The third kappa shape index (κ3) is 5.21. The Morgan fingerprint density at radius 3 is 2.35 bits per heavy atom. The molecule has 2 atom stereocenters. The van der Waals surface area contributed by atoms with Crippen molar-refractivity contribution in [3.8, 4) is 0 Å². The van der Waals surface area contributed by atoms with Crippen LogP contribution in [-0.2, 0) is 20.9 Å². The summed E-state index contributed by atoms with van der Waals surface area (Å²) in [6.07, 6.45) is -0.0290. The smallest absolute Gasteiger partial charge is 0.407 e. The van der Waals surface area contributed by atoms with Gasteiger partial charge in [0.15, 0.2) is 0 Å². The Morgan fingerprint density at radius 2 is 1.85 bits per heavy atom. The predicted octanol–water partition coefficient (Wildman–Crippen LogP) is 3.17. The van der Waals surface area contributed by atoms with E-state index in [9.17, 15) is 14.7 Å². The molecule has 2 unspecified atom stereocenters. The lowest BCUT2D eigenvalue weighted by Crippen LogP contribution is -2.50. The molecule has 0 aromatic heterocycles. The maximum atomic E-state index is 12.5. The molecule has 0 radical (unpaired) electrons. The molecule has 26 heavy (non-hydrogen) atoms. The van der Waals surface area contributed by atoms with Crippen molar-refractivity contribution in [1.29, 1.82) is 0 Å². The summed E-state index contributed by atoms with van der Waals surface area (Å²) < 4.78 is 10.7. The largest absolute Gasteiger partial charge is 0.459 e. The molecule has 2 N–H and O–H groups in total. The topological polar surface area (TPSA) is 84.9 Å². The van der Waals surface area contributed by atoms with E-state index in [4.69, 9.17) is 9.47 Å². The predicted molar refractivity (Wildman–Crippen MR) is 97.4 cm³/mol. The van der Waals surface area contributed by atoms with E-state index in [1.54, 1.807) is 20.8 Å². The summed E-state index contributed by atoms with van der Waals surface area (Å²) in [7, 11) is 0. The number of hydrogen-bond donors (Lipinski definition) is 2. The maximum Gasteiger partial charge on any atom is 0.407 e. The number of alkyl carbamates (subject to hydrolysis) is 1. The van der Waals surface area contributed by atoms with Gasteiger partial charge in [0, 0.05) is 0 Å². The van der Waals surface area contributed by atoms with Crippen LogP contribution < -0.4 is 5.32 Å². The van der Waals surface area contributed by atoms with E-state index in [1.807, 2.05) is 37.3 Å². The Morgan fingerprint density at radius 1 is 1.23 bits per heavy atom. The zero-order valence-electron chi connectivity index (χ0n) is 16.0. The monoisotopic (exact) mass is 363 g/mol. The fourth-order valence-electron chi connectivity index (χ4n) is 2.84. The van der Waals surface area contributed by atoms with Crippen molar-refractivity contribution >= 4 is 12.1 Å². The lowest BCUT2D eigenvalue weighted by molar-refractivity contribution is -0.167. The molecule has 1 aliphatic carbocycles. The number of carbonyl (C=O) groups excluding carboxylic acids is 2. The van der Waals surface area contributed by atoms with Crippen LogP contribution in [0.25, 0.3) is 0 Å². The fraction of sp³-hybridized carbons (Fsp3) is 0.600. The Bertz CT molecular complexity index is 619. The van der Waals surface area contributed by atoms with Gasteiger partial charge in [0.1, 0.15) is 12.2 Å². The third-order valence-corrected chi connectivity index (χ3v) is 4.50. The Balaban J connectivity index is 1.92. The maximum absolute atomic E-state index is 12.5. The Hall–Kier alpha value is -2.08. The van der Waals surface area contributed by atoms with Gasteiger partial charge in [-0.05, 0) is 45.6 Å². The number of ether oxygens (including phenoxy) is 2. The summed E-state index contributed by atoms with van der Waals surface area (Å²) in [4.78, 5) is 24.6. The number of benzene rings is 1. The zero-order chi connectivity index (χ0) is 19.4. The van der Waals surface area contributed by atoms with E-state index in [2.05, 4.69) is 5.32 Å². The average Bonchev–Trinajstić information content (AvgIpc) is 3.38. The van der Waals surface area contributed by atoms with Crippen LogP contribution in [0.5, 0.6) is 0 Å². The number of nitrogens with one attached hydrogen (secondary N) is 1. The summed E-state index contributed by atoms with van der Waals surface area (Å²) >= 11 is 0. The second-order valence-corrected chi connectivity index (χ2v) is 7.82. The minimum absolute atomic E-state index is 0.149. The molecule has 6 nitrogen and oxygen atoms in total. The molecule has 1 amide bonds. The van der Waals surface area contributed by atoms with Crippen molar-refractivity contribution in [3.63, 3.8) is 0 Å². The fourth-order valence-corrected chi connectivity index (χ4v) is 2.84. The summed E-state index contributed by atoms with van der Waals surface area (Å²) in [6, 6.07) is 8.77. The van der Waals surface area contributed by atoms with Crippen LogP contribution in [0.2, 0.25) is 0 Å². The molecule has 0 spiro atoms. The van der Waals surface area contributed by atoms with E-state index in [-0.39, 0.29) is 6.61 Å². The van der Waals surface area contributed by atoms with Gasteiger partial charge in [-0.25, -0.2) is 4.79 Å². The number of rotatable bonds is 7. The van der Waals surface area contributed by atoms with Gasteiger partial charge >= 0.3 is 12.1 Å². The van der Waals surface area contributed by atoms with Crippen molar-refractivity contribution in [2.75, 3.05) is 0 Å². The lowest BCUT2D eigenvalue weighted by Gasteiger charge is -2.31. The highest BCUT2D eigenvalue weighted by Gasteiger charge is 2.59. The molecular weight excluding hydrogens is 334 g/mol. The van der Waals surface area contributed by atoms with E-state index in [0.29, 0.717) is 19.3 Å². The molecule has 1 aromatic carbocycles. The Labute approximate surface area is 154 Å². The quantitative estimate of drug-likeness (QED) is 0.727. The molecule has 144 valence electrons. The van der Waals surface area contributed by atoms with E-state index in [0.717, 1.165) is 5.56 Å². The van der Waals surface area contributed by atoms with Crippen LogP contribution >= 0.6 is 0 Å². The van der Waals surface area contributed by atoms with Crippen molar-refractivity contribution in [1.82, 2.24) is 5.32 Å². The van der Waals surface area contributed by atoms with E-state index >= 15 is 0 Å². The average molecular weight is 363 g/mol. The standard InChI is InChI=1S/C20H29NO5/c1-5-15(21-18(24)25-13-14-9-7-6-8-10-14)16(22)20(11-12-20)17(23)26-19(2,3)4/h6-10,15-16,22H,5,11-13H2,1-4H3,(H,21,24). The van der Waals surface area contributed by atoms with Crippen molar-refractivity contribution in [3.05, 3.63) is 35.9 Å². The molecule has 0 heterocycles. The first-order valence-electron chi connectivity index (χ1n) is 9.06. The second-order valence-electron chi connectivity index (χ2n) is 7.82. The number of hydrogen-bond acceptors (Lipinski definition) is 5. The van der Waals surface area contributed by atoms with Crippen LogP contribution in [0.1, 0.15) is 52.5 Å². The Kier molecular flexibility index (Phi) is 6.29. The summed E-state index contributed by atoms with van der Waals surface area (Å²) in [5, 5.41) is 13.4. The van der Waals surface area contributed by atoms with E-state index in [1.165, 1.54) is 0 Å². The first kappa shape index (κ1) is 20.2. The van der Waals surface area contributed by atoms with Gasteiger partial charge in [-0.15, -0.1) is 0 Å². The van der Waals surface area contributed by atoms with Crippen LogP contribution in [0.4, 0.5) is 4.79 Å². The molecule has 1 aliphatic rings. The lowest BCUT2D eigenvalue weighted by atomic mass is 9.91. The summed E-state index contributed by atoms with van der Waals surface area (Å²) in [5.74, 6) is -0.407. The number of carbonyl (C=O) groups is 2. The minimum atomic E-state index is -1.01.